The van der Waals surface area contributed by atoms with Gasteiger partial charge in [-0.3, -0.25) is 14.6 Å². The van der Waals surface area contributed by atoms with Gasteiger partial charge in [-0.2, -0.15) is 0 Å². The molecule has 0 saturated carbocycles. The SMILES string of the molecule is O=C(O)c1c(CN2CCN(CCN3CCNCC3)C(=O)C2)c(-c2ccccc2)nc2ccc(F)cc12. The molecular formula is C27H30FN5O3. The van der Waals surface area contributed by atoms with Crippen LogP contribution in [0.1, 0.15) is 15.9 Å². The van der Waals surface area contributed by atoms with Crippen LogP contribution in [0.25, 0.3) is 22.2 Å². The molecule has 2 aliphatic rings. The minimum absolute atomic E-state index is 0.0342. The molecular weight excluding hydrogens is 461 g/mol. The highest BCUT2D eigenvalue weighted by molar-refractivity contribution is 6.05. The summed E-state index contributed by atoms with van der Waals surface area (Å²) in [6.07, 6.45) is 0. The van der Waals surface area contributed by atoms with Gasteiger partial charge in [0, 0.05) is 75.4 Å². The van der Waals surface area contributed by atoms with Gasteiger partial charge in [0.1, 0.15) is 5.82 Å². The molecule has 3 aromatic rings. The highest BCUT2D eigenvalue weighted by Crippen LogP contribution is 2.32. The van der Waals surface area contributed by atoms with Crippen molar-refractivity contribution in [3.05, 3.63) is 65.5 Å². The van der Waals surface area contributed by atoms with Crippen LogP contribution < -0.4 is 5.32 Å². The van der Waals surface area contributed by atoms with Crippen molar-refractivity contribution in [3.63, 3.8) is 0 Å². The van der Waals surface area contributed by atoms with Crippen molar-refractivity contribution in [2.75, 3.05) is 58.9 Å². The van der Waals surface area contributed by atoms with Crippen molar-refractivity contribution in [2.45, 2.75) is 6.54 Å². The van der Waals surface area contributed by atoms with Gasteiger partial charge in [0.15, 0.2) is 0 Å². The topological polar surface area (TPSA) is 89.0 Å². The largest absolute Gasteiger partial charge is 0.478 e. The molecule has 2 aliphatic heterocycles. The van der Waals surface area contributed by atoms with E-state index in [0.29, 0.717) is 36.4 Å². The van der Waals surface area contributed by atoms with Crippen LogP contribution in [0.5, 0.6) is 0 Å². The minimum Gasteiger partial charge on any atom is -0.478 e. The van der Waals surface area contributed by atoms with Gasteiger partial charge in [-0.25, -0.2) is 14.2 Å². The van der Waals surface area contributed by atoms with E-state index in [0.717, 1.165) is 38.3 Å². The molecule has 5 rings (SSSR count). The van der Waals surface area contributed by atoms with E-state index < -0.39 is 11.8 Å². The second-order valence-electron chi connectivity index (χ2n) is 9.33. The Kier molecular flexibility index (Phi) is 7.22. The zero-order valence-electron chi connectivity index (χ0n) is 20.1. The van der Waals surface area contributed by atoms with E-state index in [1.54, 1.807) is 0 Å². The molecule has 9 heteroatoms. The van der Waals surface area contributed by atoms with Crippen LogP contribution >= 0.6 is 0 Å². The zero-order chi connectivity index (χ0) is 25.1. The number of aromatic carboxylic acids is 1. The highest BCUT2D eigenvalue weighted by atomic mass is 19.1. The lowest BCUT2D eigenvalue weighted by Gasteiger charge is -2.36. The van der Waals surface area contributed by atoms with E-state index in [4.69, 9.17) is 4.98 Å². The Hall–Kier alpha value is -3.40. The average molecular weight is 492 g/mol. The van der Waals surface area contributed by atoms with Crippen molar-refractivity contribution in [1.29, 1.82) is 0 Å². The van der Waals surface area contributed by atoms with Crippen molar-refractivity contribution < 1.29 is 19.1 Å². The summed E-state index contributed by atoms with van der Waals surface area (Å²) in [5, 5.41) is 13.8. The highest BCUT2D eigenvalue weighted by Gasteiger charge is 2.28. The molecule has 188 valence electrons. The van der Waals surface area contributed by atoms with Crippen LogP contribution in [-0.2, 0) is 11.3 Å². The number of hydrogen-bond acceptors (Lipinski definition) is 6. The molecule has 2 N–H and O–H groups in total. The van der Waals surface area contributed by atoms with Gasteiger partial charge >= 0.3 is 5.97 Å². The van der Waals surface area contributed by atoms with Gasteiger partial charge in [0.05, 0.1) is 23.3 Å². The fourth-order valence-electron chi connectivity index (χ4n) is 5.06. The Morgan fingerprint density at radius 3 is 2.50 bits per heavy atom. The van der Waals surface area contributed by atoms with Gasteiger partial charge in [-0.05, 0) is 18.2 Å². The second kappa shape index (κ2) is 10.7. The predicted octanol–water partition coefficient (Wildman–Crippen LogP) is 2.29. The number of nitrogens with one attached hydrogen (secondary N) is 1. The summed E-state index contributed by atoms with van der Waals surface area (Å²) in [5.74, 6) is -1.62. The number of fused-ring (bicyclic) bond motifs is 1. The summed E-state index contributed by atoms with van der Waals surface area (Å²) in [6, 6.07) is 13.4. The predicted molar refractivity (Wildman–Crippen MR) is 135 cm³/mol. The molecule has 2 aromatic carbocycles. The quantitative estimate of drug-likeness (QED) is 0.524. The lowest BCUT2D eigenvalue weighted by Crippen LogP contribution is -2.53. The first-order valence-electron chi connectivity index (χ1n) is 12.3. The van der Waals surface area contributed by atoms with E-state index in [1.807, 2.05) is 40.1 Å². The maximum absolute atomic E-state index is 14.1. The number of hydrogen-bond donors (Lipinski definition) is 2. The first-order valence-corrected chi connectivity index (χ1v) is 12.3. The number of carbonyl (C=O) groups is 2. The third-order valence-corrected chi connectivity index (χ3v) is 6.98. The molecule has 3 heterocycles. The molecule has 0 radical (unpaired) electrons. The number of halogens is 1. The van der Waals surface area contributed by atoms with Crippen molar-refractivity contribution >= 4 is 22.8 Å². The Balaban J connectivity index is 1.41. The number of carboxylic acid groups (broad SMARTS) is 1. The van der Waals surface area contributed by atoms with Crippen LogP contribution in [0, 0.1) is 5.82 Å². The van der Waals surface area contributed by atoms with Crippen LogP contribution in [0.4, 0.5) is 4.39 Å². The lowest BCUT2D eigenvalue weighted by molar-refractivity contribution is -0.136. The first kappa shape index (κ1) is 24.3. The molecule has 1 amide bonds. The van der Waals surface area contributed by atoms with Gasteiger partial charge in [0.25, 0.3) is 0 Å². The Morgan fingerprint density at radius 2 is 1.78 bits per heavy atom. The molecule has 0 spiro atoms. The Morgan fingerprint density at radius 1 is 1.00 bits per heavy atom. The second-order valence-corrected chi connectivity index (χ2v) is 9.33. The van der Waals surface area contributed by atoms with Gasteiger partial charge < -0.3 is 15.3 Å². The van der Waals surface area contributed by atoms with Crippen molar-refractivity contribution in [2.24, 2.45) is 0 Å². The lowest BCUT2D eigenvalue weighted by atomic mass is 9.96. The third-order valence-electron chi connectivity index (χ3n) is 6.98. The molecule has 36 heavy (non-hydrogen) atoms. The Labute approximate surface area is 209 Å². The fraction of sp³-hybridized carbons (Fsp3) is 0.370. The normalized spacial score (nSPS) is 17.6. The molecule has 0 unspecified atom stereocenters. The van der Waals surface area contributed by atoms with Crippen molar-refractivity contribution in [3.8, 4) is 11.3 Å². The van der Waals surface area contributed by atoms with Crippen LogP contribution in [0.3, 0.4) is 0 Å². The number of amides is 1. The maximum atomic E-state index is 14.1. The number of carbonyl (C=O) groups excluding carboxylic acids is 1. The first-order chi connectivity index (χ1) is 17.5. The van der Waals surface area contributed by atoms with Gasteiger partial charge in [-0.1, -0.05) is 30.3 Å². The standard InChI is InChI=1S/C27H30FN5O3/c28-20-6-7-23-21(16-20)25(27(35)36)22(26(30-23)19-4-2-1-3-5-19)17-32-13-15-33(24(34)18-32)14-12-31-10-8-29-9-11-31/h1-7,16,29H,8-15,17-18H2,(H,35,36). The third kappa shape index (κ3) is 5.23. The average Bonchev–Trinajstić information content (AvgIpc) is 2.88. The molecule has 0 atom stereocenters. The number of aromatic nitrogens is 1. The maximum Gasteiger partial charge on any atom is 0.336 e. The summed E-state index contributed by atoms with van der Waals surface area (Å²) in [5.41, 5.74) is 2.27. The molecule has 0 bridgehead atoms. The van der Waals surface area contributed by atoms with E-state index in [2.05, 4.69) is 10.2 Å². The molecule has 0 aliphatic carbocycles. The number of pyridine rings is 1. The summed E-state index contributed by atoms with van der Waals surface area (Å²) in [7, 11) is 0. The van der Waals surface area contributed by atoms with Gasteiger partial charge in [0.2, 0.25) is 5.91 Å². The van der Waals surface area contributed by atoms with E-state index >= 15 is 0 Å². The monoisotopic (exact) mass is 491 g/mol. The number of benzene rings is 2. The van der Waals surface area contributed by atoms with Crippen LogP contribution in [0.15, 0.2) is 48.5 Å². The number of piperazine rings is 2. The van der Waals surface area contributed by atoms with E-state index in [1.165, 1.54) is 18.2 Å². The summed E-state index contributed by atoms with van der Waals surface area (Å²) in [6.45, 7) is 7.13. The number of carboxylic acids is 1. The van der Waals surface area contributed by atoms with Crippen molar-refractivity contribution in [1.82, 2.24) is 25.0 Å². The molecule has 8 nitrogen and oxygen atoms in total. The summed E-state index contributed by atoms with van der Waals surface area (Å²) in [4.78, 5) is 36.4. The summed E-state index contributed by atoms with van der Waals surface area (Å²) < 4.78 is 14.1. The van der Waals surface area contributed by atoms with E-state index in [-0.39, 0.29) is 29.9 Å². The van der Waals surface area contributed by atoms with Gasteiger partial charge in [-0.15, -0.1) is 0 Å². The Bertz CT molecular complexity index is 1260. The zero-order valence-corrected chi connectivity index (χ0v) is 20.1. The smallest absolute Gasteiger partial charge is 0.336 e. The van der Waals surface area contributed by atoms with Crippen LogP contribution in [-0.4, -0.2) is 95.6 Å². The molecule has 2 saturated heterocycles. The molecule has 1 aromatic heterocycles. The number of rotatable bonds is 7. The number of nitrogens with zero attached hydrogens (tertiary/aromatic N) is 4. The van der Waals surface area contributed by atoms with E-state index in [9.17, 15) is 19.1 Å². The summed E-state index contributed by atoms with van der Waals surface area (Å²) >= 11 is 0. The van der Waals surface area contributed by atoms with Crippen LogP contribution in [0.2, 0.25) is 0 Å². The minimum atomic E-state index is -1.14. The molecule has 2 fully saturated rings. The fourth-order valence-corrected chi connectivity index (χ4v) is 5.06.